The van der Waals surface area contributed by atoms with E-state index >= 15 is 0 Å². The predicted octanol–water partition coefficient (Wildman–Crippen LogP) is 10.3. The summed E-state index contributed by atoms with van der Waals surface area (Å²) in [6, 6.07) is -0.801. The fraction of sp³-hybridized carbons (Fsp3) is 0.896. The Balaban J connectivity index is 2.29. The summed E-state index contributed by atoms with van der Waals surface area (Å²) >= 11 is 0. The van der Waals surface area contributed by atoms with Crippen molar-refractivity contribution < 1.29 is 39.8 Å². The minimum atomic E-state index is -1.56. The molecule has 336 valence electrons. The lowest BCUT2D eigenvalue weighted by molar-refractivity contribution is -0.302. The molecule has 1 fully saturated rings. The molecule has 1 rings (SSSR count). The fourth-order valence-corrected chi connectivity index (χ4v) is 7.62. The van der Waals surface area contributed by atoms with Crippen molar-refractivity contribution >= 4 is 5.91 Å². The van der Waals surface area contributed by atoms with E-state index in [9.17, 15) is 30.3 Å². The lowest BCUT2D eigenvalue weighted by atomic mass is 9.99. The number of unbranched alkanes of at least 4 members (excludes halogenated alkanes) is 28. The Labute approximate surface area is 349 Å². The zero-order chi connectivity index (χ0) is 41.6. The van der Waals surface area contributed by atoms with E-state index in [4.69, 9.17) is 9.47 Å². The number of hydrogen-bond donors (Lipinski definition) is 6. The molecule has 0 aromatic heterocycles. The molecule has 1 heterocycles. The summed E-state index contributed by atoms with van der Waals surface area (Å²) in [5, 5.41) is 54.2. The normalized spacial score (nSPS) is 21.1. The van der Waals surface area contributed by atoms with Crippen LogP contribution in [0.15, 0.2) is 24.3 Å². The van der Waals surface area contributed by atoms with Gasteiger partial charge in [-0.15, -0.1) is 0 Å². The van der Waals surface area contributed by atoms with Crippen LogP contribution in [0, 0.1) is 0 Å². The Morgan fingerprint density at radius 3 is 1.42 bits per heavy atom. The van der Waals surface area contributed by atoms with Crippen molar-refractivity contribution in [1.29, 1.82) is 0 Å². The van der Waals surface area contributed by atoms with Crippen LogP contribution in [0.3, 0.4) is 0 Å². The third kappa shape index (κ3) is 29.5. The molecule has 0 radical (unpaired) electrons. The second kappa shape index (κ2) is 38.8. The molecule has 57 heavy (non-hydrogen) atoms. The Bertz CT molecular complexity index is 945. The number of rotatable bonds is 40. The van der Waals surface area contributed by atoms with E-state index in [2.05, 4.69) is 31.3 Å². The molecule has 1 amide bonds. The summed E-state index contributed by atoms with van der Waals surface area (Å²) in [4.78, 5) is 13.0. The maximum Gasteiger partial charge on any atom is 0.220 e. The molecule has 0 unspecified atom stereocenters. The molecule has 1 aliphatic rings. The average Bonchev–Trinajstić information content (AvgIpc) is 3.21. The Morgan fingerprint density at radius 2 is 0.982 bits per heavy atom. The van der Waals surface area contributed by atoms with E-state index in [1.54, 1.807) is 6.08 Å². The summed E-state index contributed by atoms with van der Waals surface area (Å²) in [5.41, 5.74) is 0. The molecule has 1 aliphatic heterocycles. The molecule has 9 nitrogen and oxygen atoms in total. The van der Waals surface area contributed by atoms with Gasteiger partial charge < -0.3 is 40.3 Å². The van der Waals surface area contributed by atoms with Crippen LogP contribution in [0.25, 0.3) is 0 Å². The molecule has 0 aliphatic carbocycles. The molecule has 7 atom stereocenters. The first-order valence-corrected chi connectivity index (χ1v) is 24.1. The van der Waals surface area contributed by atoms with Crippen LogP contribution in [-0.2, 0) is 14.3 Å². The summed E-state index contributed by atoms with van der Waals surface area (Å²) in [6.45, 7) is 3.77. The van der Waals surface area contributed by atoms with Gasteiger partial charge >= 0.3 is 0 Å². The van der Waals surface area contributed by atoms with Crippen LogP contribution in [0.5, 0.6) is 0 Å². The third-order valence-electron chi connectivity index (χ3n) is 11.5. The third-order valence-corrected chi connectivity index (χ3v) is 11.5. The summed E-state index contributed by atoms with van der Waals surface area (Å²) in [7, 11) is 0. The van der Waals surface area contributed by atoms with Crippen LogP contribution >= 0.6 is 0 Å². The number of carbonyl (C=O) groups is 1. The molecular formula is C48H91NO8. The van der Waals surface area contributed by atoms with Crippen molar-refractivity contribution in [2.45, 2.75) is 262 Å². The lowest BCUT2D eigenvalue weighted by Crippen LogP contribution is -2.60. The van der Waals surface area contributed by atoms with Gasteiger partial charge in [0.05, 0.1) is 25.4 Å². The quantitative estimate of drug-likeness (QED) is 0.0265. The van der Waals surface area contributed by atoms with Crippen LogP contribution in [0.1, 0.15) is 219 Å². The number of allylic oxidation sites excluding steroid dienone is 3. The second-order valence-corrected chi connectivity index (χ2v) is 16.9. The summed E-state index contributed by atoms with van der Waals surface area (Å²) in [6.07, 6.45) is 39.3. The van der Waals surface area contributed by atoms with Gasteiger partial charge in [-0.1, -0.05) is 192 Å². The Hall–Kier alpha value is -1.33. The highest BCUT2D eigenvalue weighted by Crippen LogP contribution is 2.23. The zero-order valence-electron chi connectivity index (χ0n) is 36.9. The maximum atomic E-state index is 13.0. The first-order valence-electron chi connectivity index (χ1n) is 24.1. The van der Waals surface area contributed by atoms with Gasteiger partial charge in [-0.2, -0.15) is 0 Å². The van der Waals surface area contributed by atoms with E-state index in [1.807, 2.05) is 6.08 Å². The number of nitrogens with one attached hydrogen (secondary N) is 1. The largest absolute Gasteiger partial charge is 0.394 e. The highest BCUT2D eigenvalue weighted by Gasteiger charge is 2.44. The van der Waals surface area contributed by atoms with Crippen LogP contribution in [-0.4, -0.2) is 87.5 Å². The number of aliphatic hydroxyl groups is 5. The van der Waals surface area contributed by atoms with Gasteiger partial charge in [0.25, 0.3) is 0 Å². The highest BCUT2D eigenvalue weighted by molar-refractivity contribution is 5.76. The smallest absolute Gasteiger partial charge is 0.220 e. The second-order valence-electron chi connectivity index (χ2n) is 16.9. The Kier molecular flexibility index (Phi) is 36.6. The fourth-order valence-electron chi connectivity index (χ4n) is 7.62. The number of hydrogen-bond acceptors (Lipinski definition) is 8. The standard InChI is InChI=1S/C48H91NO8/c1-3-5-7-9-11-13-15-17-18-19-20-21-22-23-24-26-28-30-32-34-36-38-44(52)49-41(40-56-48-47(55)46(54)45(53)43(39-50)57-48)42(51)37-35-33-31-29-27-25-16-14-12-10-8-6-4-2/h17-18,35,37,41-43,45-48,50-51,53-55H,3-16,19-34,36,38-40H2,1-2H3,(H,49,52)/b18-17-,37-35+/t41-,42+,43-,45-,46+,47-,48-/m1/s1. The summed E-state index contributed by atoms with van der Waals surface area (Å²) in [5.74, 6) is -0.177. The van der Waals surface area contributed by atoms with Gasteiger partial charge in [-0.25, -0.2) is 0 Å². The first-order chi connectivity index (χ1) is 27.8. The van der Waals surface area contributed by atoms with Crippen molar-refractivity contribution in [2.24, 2.45) is 0 Å². The first kappa shape index (κ1) is 53.7. The van der Waals surface area contributed by atoms with Gasteiger partial charge in [0.2, 0.25) is 5.91 Å². The number of amides is 1. The molecule has 0 aromatic carbocycles. The average molecular weight is 810 g/mol. The Morgan fingerprint density at radius 1 is 0.579 bits per heavy atom. The van der Waals surface area contributed by atoms with Gasteiger partial charge in [-0.3, -0.25) is 4.79 Å². The molecule has 0 saturated carbocycles. The molecule has 6 N–H and O–H groups in total. The van der Waals surface area contributed by atoms with Gasteiger partial charge in [0.15, 0.2) is 6.29 Å². The predicted molar refractivity (Wildman–Crippen MR) is 235 cm³/mol. The van der Waals surface area contributed by atoms with E-state index in [0.717, 1.165) is 38.5 Å². The lowest BCUT2D eigenvalue weighted by Gasteiger charge is -2.40. The minimum absolute atomic E-state index is 0.177. The van der Waals surface area contributed by atoms with Crippen molar-refractivity contribution in [1.82, 2.24) is 5.32 Å². The SMILES string of the molecule is CCCCCCCC/C=C\CCCCCCCCCCCCCC(=O)N[C@H](CO[C@@H]1O[C@H](CO)[C@@H](O)[C@H](O)[C@H]1O)[C@@H](O)/C=C/CCCCCCCCCCCCC. The number of ether oxygens (including phenoxy) is 2. The van der Waals surface area contributed by atoms with Crippen LogP contribution < -0.4 is 5.32 Å². The number of aliphatic hydroxyl groups excluding tert-OH is 5. The number of carbonyl (C=O) groups excluding carboxylic acids is 1. The van der Waals surface area contributed by atoms with Gasteiger partial charge in [0.1, 0.15) is 24.4 Å². The molecule has 0 aromatic rings. The minimum Gasteiger partial charge on any atom is -0.394 e. The zero-order valence-corrected chi connectivity index (χ0v) is 36.9. The topological polar surface area (TPSA) is 149 Å². The van der Waals surface area contributed by atoms with Gasteiger partial charge in [0, 0.05) is 6.42 Å². The maximum absolute atomic E-state index is 13.0. The monoisotopic (exact) mass is 810 g/mol. The molecular weight excluding hydrogens is 719 g/mol. The van der Waals surface area contributed by atoms with Crippen molar-refractivity contribution in [3.05, 3.63) is 24.3 Å². The van der Waals surface area contributed by atoms with Crippen molar-refractivity contribution in [2.75, 3.05) is 13.2 Å². The van der Waals surface area contributed by atoms with Crippen molar-refractivity contribution in [3.8, 4) is 0 Å². The summed E-state index contributed by atoms with van der Waals surface area (Å²) < 4.78 is 11.2. The van der Waals surface area contributed by atoms with Gasteiger partial charge in [-0.05, 0) is 44.9 Å². The van der Waals surface area contributed by atoms with E-state index < -0.39 is 49.5 Å². The van der Waals surface area contributed by atoms with Crippen molar-refractivity contribution in [3.63, 3.8) is 0 Å². The highest BCUT2D eigenvalue weighted by atomic mass is 16.7. The molecule has 0 bridgehead atoms. The molecule has 1 saturated heterocycles. The van der Waals surface area contributed by atoms with Crippen LogP contribution in [0.2, 0.25) is 0 Å². The molecule has 9 heteroatoms. The molecule has 0 spiro atoms. The van der Waals surface area contributed by atoms with E-state index in [0.29, 0.717) is 6.42 Å². The van der Waals surface area contributed by atoms with Crippen LogP contribution in [0.4, 0.5) is 0 Å². The van der Waals surface area contributed by atoms with E-state index in [1.165, 1.54) is 161 Å². The van der Waals surface area contributed by atoms with E-state index in [-0.39, 0.29) is 12.5 Å².